The molecule has 17 heavy (non-hydrogen) atoms. The van der Waals surface area contributed by atoms with Crippen LogP contribution in [0.1, 0.15) is 36.7 Å². The van der Waals surface area contributed by atoms with E-state index in [1.54, 1.807) is 0 Å². The van der Waals surface area contributed by atoms with Gasteiger partial charge in [0.15, 0.2) is 0 Å². The fourth-order valence-electron chi connectivity index (χ4n) is 2.16. The van der Waals surface area contributed by atoms with E-state index in [0.29, 0.717) is 4.83 Å². The first-order valence-corrected chi connectivity index (χ1v) is 6.95. The van der Waals surface area contributed by atoms with Crippen LogP contribution in [0.4, 0.5) is 0 Å². The number of rotatable bonds is 1. The molecule has 0 nitrogen and oxygen atoms in total. The van der Waals surface area contributed by atoms with Gasteiger partial charge >= 0.3 is 0 Å². The van der Waals surface area contributed by atoms with Gasteiger partial charge in [-0.15, -0.1) is 0 Å². The topological polar surface area (TPSA) is 0 Å². The predicted molar refractivity (Wildman–Crippen MR) is 79.8 cm³/mol. The summed E-state index contributed by atoms with van der Waals surface area (Å²) in [6.45, 7) is 8.97. The summed E-state index contributed by atoms with van der Waals surface area (Å²) in [5, 5.41) is 2.73. The van der Waals surface area contributed by atoms with E-state index in [9.17, 15) is 0 Å². The molecule has 0 aliphatic heterocycles. The molecule has 0 aliphatic carbocycles. The Bertz CT molecular complexity index is 535. The van der Waals surface area contributed by atoms with Crippen molar-refractivity contribution in [3.63, 3.8) is 0 Å². The van der Waals surface area contributed by atoms with Gasteiger partial charge in [0.2, 0.25) is 0 Å². The number of hydrogen-bond acceptors (Lipinski definition) is 0. The molecule has 2 aromatic rings. The van der Waals surface area contributed by atoms with Gasteiger partial charge in [-0.3, -0.25) is 0 Å². The van der Waals surface area contributed by atoms with Crippen molar-refractivity contribution in [2.75, 3.05) is 0 Å². The smallest absolute Gasteiger partial charge is 0.0449 e. The highest BCUT2D eigenvalue weighted by atomic mass is 79.9. The highest BCUT2D eigenvalue weighted by Crippen LogP contribution is 2.43. The van der Waals surface area contributed by atoms with E-state index < -0.39 is 0 Å². The molecule has 0 heterocycles. The molecule has 2 rings (SSSR count). The Kier molecular flexibility index (Phi) is 3.31. The second-order valence-electron chi connectivity index (χ2n) is 5.75. The number of hydrogen-bond donors (Lipinski definition) is 0. The Hall–Kier alpha value is -0.820. The molecule has 1 atom stereocenters. The standard InChI is InChI=1S/C16H19Br/c1-11-9-10-14(15(17)16(2,3)4)13-8-6-5-7-12(11)13/h5-10,15H,1-4H3. The van der Waals surface area contributed by atoms with Crippen LogP contribution in [0.25, 0.3) is 10.8 Å². The molecule has 0 fully saturated rings. The normalized spacial score (nSPS) is 13.9. The lowest BCUT2D eigenvalue weighted by atomic mass is 9.85. The molecule has 0 saturated heterocycles. The van der Waals surface area contributed by atoms with Crippen molar-refractivity contribution in [3.8, 4) is 0 Å². The van der Waals surface area contributed by atoms with Gasteiger partial charge in [-0.2, -0.15) is 0 Å². The van der Waals surface area contributed by atoms with Crippen LogP contribution in [0.2, 0.25) is 0 Å². The molecular formula is C16H19Br. The number of alkyl halides is 1. The monoisotopic (exact) mass is 290 g/mol. The molecule has 90 valence electrons. The first-order chi connectivity index (χ1) is 7.91. The van der Waals surface area contributed by atoms with Gasteiger partial charge in [0.1, 0.15) is 0 Å². The van der Waals surface area contributed by atoms with Gasteiger partial charge in [0.05, 0.1) is 0 Å². The second kappa shape index (κ2) is 4.45. The third kappa shape index (κ3) is 2.40. The number of fused-ring (bicyclic) bond motifs is 1. The van der Waals surface area contributed by atoms with Gasteiger partial charge in [-0.25, -0.2) is 0 Å². The van der Waals surface area contributed by atoms with E-state index in [1.807, 2.05) is 0 Å². The summed E-state index contributed by atoms with van der Waals surface area (Å²) >= 11 is 3.85. The Morgan fingerprint density at radius 3 is 2.12 bits per heavy atom. The second-order valence-corrected chi connectivity index (χ2v) is 6.66. The van der Waals surface area contributed by atoms with Gasteiger partial charge < -0.3 is 0 Å². The lowest BCUT2D eigenvalue weighted by molar-refractivity contribution is 0.408. The van der Waals surface area contributed by atoms with Crippen molar-refractivity contribution in [2.24, 2.45) is 5.41 Å². The zero-order chi connectivity index (χ0) is 12.6. The highest BCUT2D eigenvalue weighted by molar-refractivity contribution is 9.09. The minimum Gasteiger partial charge on any atom is -0.0833 e. The van der Waals surface area contributed by atoms with Crippen LogP contribution in [-0.4, -0.2) is 0 Å². The molecule has 1 unspecified atom stereocenters. The maximum Gasteiger partial charge on any atom is 0.0449 e. The molecule has 0 saturated carbocycles. The average Bonchev–Trinajstić information content (AvgIpc) is 2.28. The molecule has 0 amide bonds. The largest absolute Gasteiger partial charge is 0.0833 e. The third-order valence-electron chi connectivity index (χ3n) is 3.21. The van der Waals surface area contributed by atoms with Crippen LogP contribution in [0, 0.1) is 12.3 Å². The minimum absolute atomic E-state index is 0.220. The molecule has 0 spiro atoms. The predicted octanol–water partition coefficient (Wildman–Crippen LogP) is 5.63. The molecule has 1 heteroatoms. The van der Waals surface area contributed by atoms with Crippen LogP contribution in [-0.2, 0) is 0 Å². The first kappa shape index (κ1) is 12.6. The summed E-state index contributed by atoms with van der Waals surface area (Å²) in [5.74, 6) is 0. The Morgan fingerprint density at radius 1 is 0.941 bits per heavy atom. The van der Waals surface area contributed by atoms with Crippen molar-refractivity contribution >= 4 is 26.7 Å². The van der Waals surface area contributed by atoms with E-state index in [1.165, 1.54) is 21.9 Å². The molecule has 0 radical (unpaired) electrons. The lowest BCUT2D eigenvalue weighted by Gasteiger charge is -2.27. The van der Waals surface area contributed by atoms with E-state index >= 15 is 0 Å². The number of halogens is 1. The molecule has 0 N–H and O–H groups in total. The van der Waals surface area contributed by atoms with Crippen LogP contribution < -0.4 is 0 Å². The molecule has 0 bridgehead atoms. The highest BCUT2D eigenvalue weighted by Gasteiger charge is 2.24. The third-order valence-corrected chi connectivity index (χ3v) is 5.08. The van der Waals surface area contributed by atoms with E-state index in [-0.39, 0.29) is 5.41 Å². The summed E-state index contributed by atoms with van der Waals surface area (Å²) in [5.41, 5.74) is 2.95. The van der Waals surface area contributed by atoms with Crippen LogP contribution in [0.15, 0.2) is 36.4 Å². The van der Waals surface area contributed by atoms with Crippen LogP contribution >= 0.6 is 15.9 Å². The molecule has 0 aromatic heterocycles. The summed E-state index contributed by atoms with van der Waals surface area (Å²) in [6, 6.07) is 13.1. The molecule has 0 aliphatic rings. The van der Waals surface area contributed by atoms with Gasteiger partial charge in [0.25, 0.3) is 0 Å². The van der Waals surface area contributed by atoms with Crippen molar-refractivity contribution in [1.82, 2.24) is 0 Å². The summed E-state index contributed by atoms with van der Waals surface area (Å²) in [4.78, 5) is 0.375. The maximum atomic E-state index is 3.85. The fourth-order valence-corrected chi connectivity index (χ4v) is 2.56. The van der Waals surface area contributed by atoms with Crippen molar-refractivity contribution in [3.05, 3.63) is 47.5 Å². The fraction of sp³-hybridized carbons (Fsp3) is 0.375. The van der Waals surface area contributed by atoms with E-state index in [2.05, 4.69) is 80.0 Å². The van der Waals surface area contributed by atoms with Crippen molar-refractivity contribution in [1.29, 1.82) is 0 Å². The van der Waals surface area contributed by atoms with Crippen molar-refractivity contribution in [2.45, 2.75) is 32.5 Å². The van der Waals surface area contributed by atoms with Gasteiger partial charge in [-0.05, 0) is 34.2 Å². The quantitative estimate of drug-likeness (QED) is 0.597. The number of aryl methyl sites for hydroxylation is 1. The zero-order valence-electron chi connectivity index (χ0n) is 10.9. The minimum atomic E-state index is 0.220. The SMILES string of the molecule is Cc1ccc(C(Br)C(C)(C)C)c2ccccc12. The van der Waals surface area contributed by atoms with Crippen LogP contribution in [0.3, 0.4) is 0 Å². The Labute approximate surface area is 112 Å². The number of benzene rings is 2. The summed E-state index contributed by atoms with van der Waals surface area (Å²) in [7, 11) is 0. The van der Waals surface area contributed by atoms with Gasteiger partial charge in [-0.1, -0.05) is 73.1 Å². The Balaban J connectivity index is 2.67. The summed E-state index contributed by atoms with van der Waals surface area (Å²) < 4.78 is 0. The Morgan fingerprint density at radius 2 is 1.53 bits per heavy atom. The maximum absolute atomic E-state index is 3.85. The van der Waals surface area contributed by atoms with Gasteiger partial charge in [0, 0.05) is 4.83 Å². The zero-order valence-corrected chi connectivity index (χ0v) is 12.5. The van der Waals surface area contributed by atoms with E-state index in [0.717, 1.165) is 0 Å². The average molecular weight is 291 g/mol. The summed E-state index contributed by atoms with van der Waals surface area (Å²) in [6.07, 6.45) is 0. The first-order valence-electron chi connectivity index (χ1n) is 6.03. The van der Waals surface area contributed by atoms with Crippen molar-refractivity contribution < 1.29 is 0 Å². The molecular weight excluding hydrogens is 272 g/mol. The van der Waals surface area contributed by atoms with Crippen LogP contribution in [0.5, 0.6) is 0 Å². The lowest BCUT2D eigenvalue weighted by Crippen LogP contribution is -2.13. The van der Waals surface area contributed by atoms with E-state index in [4.69, 9.17) is 0 Å². The molecule has 2 aromatic carbocycles.